The van der Waals surface area contributed by atoms with Gasteiger partial charge in [0.2, 0.25) is 0 Å². The van der Waals surface area contributed by atoms with Gasteiger partial charge in [-0.3, -0.25) is 15.4 Å². The average molecular weight is 186 g/mol. The first-order valence-electron chi connectivity index (χ1n) is 4.61. The van der Waals surface area contributed by atoms with Gasteiger partial charge in [-0.25, -0.2) is 5.43 Å². The van der Waals surface area contributed by atoms with Crippen molar-refractivity contribution < 1.29 is 0 Å². The van der Waals surface area contributed by atoms with E-state index >= 15 is 0 Å². The largest absolute Gasteiger partial charge is 0.258 e. The zero-order valence-corrected chi connectivity index (χ0v) is 7.57. The molecule has 1 aromatic rings. The quantitative estimate of drug-likeness (QED) is 0.560. The summed E-state index contributed by atoms with van der Waals surface area (Å²) in [5, 5.41) is 1.89. The molecule has 2 N–H and O–H groups in total. The summed E-state index contributed by atoms with van der Waals surface area (Å²) >= 11 is 0. The summed E-state index contributed by atoms with van der Waals surface area (Å²) in [5.74, 6) is 0. The number of rotatable bonds is 0. The third-order valence-electron chi connectivity index (χ3n) is 2.40. The van der Waals surface area contributed by atoms with Crippen LogP contribution in [0.15, 0.2) is 46.0 Å². The fraction of sp³-hybridized carbons (Fsp3) is 0.200. The average Bonchev–Trinajstić information content (AvgIpc) is 2.58. The van der Waals surface area contributed by atoms with E-state index in [0.29, 0.717) is 0 Å². The minimum absolute atomic E-state index is 0.0439. The number of para-hydroxylation sites is 2. The third kappa shape index (κ3) is 1.16. The van der Waals surface area contributed by atoms with E-state index in [2.05, 4.69) is 20.8 Å². The highest BCUT2D eigenvalue weighted by Gasteiger charge is 2.19. The normalized spacial score (nSPS) is 23.7. The van der Waals surface area contributed by atoms with Crippen LogP contribution in [0, 0.1) is 0 Å². The van der Waals surface area contributed by atoms with Gasteiger partial charge in [0.05, 0.1) is 10.7 Å². The molecule has 0 radical (unpaired) electrons. The van der Waals surface area contributed by atoms with Gasteiger partial charge < -0.3 is 0 Å². The molecule has 0 aromatic heterocycles. The Morgan fingerprint density at radius 1 is 1.21 bits per heavy atom. The lowest BCUT2D eigenvalue weighted by molar-refractivity contribution is 0.585. The number of fused-ring (bicyclic) bond motifs is 2. The van der Waals surface area contributed by atoms with E-state index in [1.165, 1.54) is 5.57 Å². The van der Waals surface area contributed by atoms with Gasteiger partial charge in [-0.15, -0.1) is 0 Å². The smallest absolute Gasteiger partial charge is 0.137 e. The summed E-state index contributed by atoms with van der Waals surface area (Å²) in [6.45, 7) is 0.811. The Morgan fingerprint density at radius 2 is 2.07 bits per heavy atom. The molecule has 4 heteroatoms. The maximum Gasteiger partial charge on any atom is 0.137 e. The van der Waals surface area contributed by atoms with Crippen molar-refractivity contribution in [3.05, 3.63) is 46.8 Å². The van der Waals surface area contributed by atoms with Crippen LogP contribution in [0.4, 0.5) is 0 Å². The fourth-order valence-corrected chi connectivity index (χ4v) is 1.64. The summed E-state index contributed by atoms with van der Waals surface area (Å²) in [6.07, 6.45) is 1.94. The molecule has 0 spiro atoms. The van der Waals surface area contributed by atoms with Gasteiger partial charge >= 0.3 is 0 Å². The molecule has 1 unspecified atom stereocenters. The summed E-state index contributed by atoms with van der Waals surface area (Å²) in [5.41, 5.74) is 7.33. The van der Waals surface area contributed by atoms with Gasteiger partial charge in [0.25, 0.3) is 0 Å². The van der Waals surface area contributed by atoms with Gasteiger partial charge in [-0.05, 0) is 12.1 Å². The molecule has 1 atom stereocenters. The van der Waals surface area contributed by atoms with Gasteiger partial charge in [0.15, 0.2) is 0 Å². The van der Waals surface area contributed by atoms with Gasteiger partial charge in [-0.2, -0.15) is 0 Å². The van der Waals surface area contributed by atoms with Crippen molar-refractivity contribution in [3.63, 3.8) is 0 Å². The second kappa shape index (κ2) is 3.01. The number of hydrogen-bond acceptors (Lipinski definition) is 4. The molecule has 1 aromatic carbocycles. The van der Waals surface area contributed by atoms with Crippen molar-refractivity contribution in [1.82, 2.24) is 10.9 Å². The Bertz CT molecular complexity index is 503. The third-order valence-corrected chi connectivity index (χ3v) is 2.40. The van der Waals surface area contributed by atoms with Crippen LogP contribution >= 0.6 is 0 Å². The second-order valence-corrected chi connectivity index (χ2v) is 3.35. The lowest BCUT2D eigenvalue weighted by Gasteiger charge is -2.01. The Labute approximate surface area is 81.1 Å². The number of hydrogen-bond donors (Lipinski definition) is 2. The molecule has 70 valence electrons. The van der Waals surface area contributed by atoms with Crippen LogP contribution in [-0.2, 0) is 0 Å². The SMILES string of the molecule is C1=C2CNNC2N=c2ccccc2=N1. The lowest BCUT2D eigenvalue weighted by Crippen LogP contribution is -2.33. The van der Waals surface area contributed by atoms with Crippen molar-refractivity contribution >= 4 is 0 Å². The Balaban J connectivity index is 2.26. The topological polar surface area (TPSA) is 48.8 Å². The van der Waals surface area contributed by atoms with Crippen LogP contribution in [0.5, 0.6) is 0 Å². The van der Waals surface area contributed by atoms with Gasteiger partial charge in [0.1, 0.15) is 6.17 Å². The van der Waals surface area contributed by atoms with Gasteiger partial charge in [0, 0.05) is 18.3 Å². The first kappa shape index (κ1) is 7.84. The Kier molecular flexibility index (Phi) is 1.68. The molecule has 1 fully saturated rings. The summed E-state index contributed by atoms with van der Waals surface area (Å²) in [4.78, 5) is 8.96. The standard InChI is InChI=1S/C10H10N4/c1-2-4-9-8(3-1)11-5-7-6-12-14-10(7)13-9/h1-5,10,12,14H,6H2. The molecule has 14 heavy (non-hydrogen) atoms. The lowest BCUT2D eigenvalue weighted by atomic mass is 10.2. The van der Waals surface area contributed by atoms with Crippen LogP contribution < -0.4 is 21.6 Å². The number of benzene rings is 1. The van der Waals surface area contributed by atoms with Gasteiger partial charge in [-0.1, -0.05) is 12.1 Å². The van der Waals surface area contributed by atoms with Crippen LogP contribution in [-0.4, -0.2) is 12.7 Å². The molecular weight excluding hydrogens is 176 g/mol. The zero-order valence-electron chi connectivity index (χ0n) is 7.57. The Hall–Kier alpha value is -1.52. The van der Waals surface area contributed by atoms with Crippen molar-refractivity contribution in [2.45, 2.75) is 6.17 Å². The molecule has 1 saturated heterocycles. The van der Waals surface area contributed by atoms with Crippen molar-refractivity contribution in [3.8, 4) is 0 Å². The first-order chi connectivity index (χ1) is 6.93. The number of nitrogens with zero attached hydrogens (tertiary/aromatic N) is 2. The zero-order chi connectivity index (χ0) is 9.38. The van der Waals surface area contributed by atoms with E-state index < -0.39 is 0 Å². The maximum absolute atomic E-state index is 4.57. The minimum atomic E-state index is 0.0439. The second-order valence-electron chi connectivity index (χ2n) is 3.35. The van der Waals surface area contributed by atoms with E-state index in [0.717, 1.165) is 17.3 Å². The van der Waals surface area contributed by atoms with E-state index in [-0.39, 0.29) is 6.17 Å². The first-order valence-corrected chi connectivity index (χ1v) is 4.61. The highest BCUT2D eigenvalue weighted by Crippen LogP contribution is 2.07. The summed E-state index contributed by atoms with van der Waals surface area (Å²) in [6, 6.07) is 7.91. The monoisotopic (exact) mass is 186 g/mol. The molecule has 0 amide bonds. The molecule has 4 nitrogen and oxygen atoms in total. The number of nitrogens with one attached hydrogen (secondary N) is 2. The van der Waals surface area contributed by atoms with Crippen molar-refractivity contribution in [2.75, 3.05) is 6.54 Å². The van der Waals surface area contributed by atoms with Crippen LogP contribution in [0.2, 0.25) is 0 Å². The molecule has 0 aliphatic carbocycles. The van der Waals surface area contributed by atoms with Crippen LogP contribution in [0.25, 0.3) is 0 Å². The highest BCUT2D eigenvalue weighted by molar-refractivity contribution is 5.18. The van der Waals surface area contributed by atoms with Crippen LogP contribution in [0.3, 0.4) is 0 Å². The number of hydrazine groups is 1. The van der Waals surface area contributed by atoms with Crippen molar-refractivity contribution in [2.24, 2.45) is 9.98 Å². The van der Waals surface area contributed by atoms with Crippen LogP contribution in [0.1, 0.15) is 0 Å². The van der Waals surface area contributed by atoms with E-state index in [4.69, 9.17) is 0 Å². The minimum Gasteiger partial charge on any atom is -0.258 e. The molecule has 0 saturated carbocycles. The fourth-order valence-electron chi connectivity index (χ4n) is 1.64. The summed E-state index contributed by atoms with van der Waals surface area (Å²) in [7, 11) is 0. The molecular formula is C10H10N4. The Morgan fingerprint density at radius 3 is 3.00 bits per heavy atom. The molecule has 2 heterocycles. The predicted molar refractivity (Wildman–Crippen MR) is 51.8 cm³/mol. The van der Waals surface area contributed by atoms with E-state index in [9.17, 15) is 0 Å². The van der Waals surface area contributed by atoms with Crippen molar-refractivity contribution in [1.29, 1.82) is 0 Å². The predicted octanol–water partition coefficient (Wildman–Crippen LogP) is -0.743. The molecule has 2 aliphatic heterocycles. The molecule has 3 rings (SSSR count). The molecule has 0 bridgehead atoms. The maximum atomic E-state index is 4.57. The summed E-state index contributed by atoms with van der Waals surface area (Å²) < 4.78 is 0. The highest BCUT2D eigenvalue weighted by atomic mass is 15.4. The molecule has 2 aliphatic rings. The van der Waals surface area contributed by atoms with E-state index in [1.54, 1.807) is 0 Å². The van der Waals surface area contributed by atoms with E-state index in [1.807, 2.05) is 30.5 Å².